The largest absolute Gasteiger partial charge is 0.303 e. The van der Waals surface area contributed by atoms with Crippen LogP contribution in [0.1, 0.15) is 28.8 Å². The maximum Gasteiger partial charge on any atom is 0.243 e. The summed E-state index contributed by atoms with van der Waals surface area (Å²) in [5.74, 6) is 0.529. The number of aromatic nitrogens is 2. The van der Waals surface area contributed by atoms with E-state index in [9.17, 15) is 12.8 Å². The topological polar surface area (TPSA) is 55.2 Å². The predicted molar refractivity (Wildman–Crippen MR) is 98.9 cm³/mol. The summed E-state index contributed by atoms with van der Waals surface area (Å²) in [5.41, 5.74) is 2.62. The number of para-hydroxylation sites is 1. The molecule has 1 saturated heterocycles. The maximum atomic E-state index is 13.4. The molecule has 0 radical (unpaired) electrons. The van der Waals surface area contributed by atoms with E-state index in [-0.39, 0.29) is 16.7 Å². The highest BCUT2D eigenvalue weighted by Gasteiger charge is 2.45. The molecule has 1 aromatic heterocycles. The van der Waals surface area contributed by atoms with Crippen molar-refractivity contribution in [2.45, 2.75) is 23.7 Å². The van der Waals surface area contributed by atoms with Crippen LogP contribution in [0.25, 0.3) is 5.69 Å². The second kappa shape index (κ2) is 5.74. The van der Waals surface area contributed by atoms with E-state index in [0.717, 1.165) is 17.1 Å². The Hall–Kier alpha value is -2.51. The van der Waals surface area contributed by atoms with Crippen molar-refractivity contribution in [2.75, 3.05) is 13.1 Å². The molecule has 3 aromatic rings. The molecule has 0 saturated carbocycles. The second-order valence-corrected chi connectivity index (χ2v) is 9.07. The fourth-order valence-corrected chi connectivity index (χ4v) is 6.09. The number of sulfonamides is 1. The number of rotatable bonds is 2. The lowest BCUT2D eigenvalue weighted by molar-refractivity contribution is 0.469. The number of hydrogen-bond acceptors (Lipinski definition) is 3. The fourth-order valence-electron chi connectivity index (χ4n) is 4.40. The Bertz CT molecular complexity index is 1160. The standard InChI is InChI=1S/C20H18FN3O2S/c1-13-10-14(21)6-7-19(13)27(25,26)23-11-16-15-4-2-3-5-18(15)24-9-8-22-20(24)17(16)12-23/h2-10,16-17H,11-12H2,1H3/t16-,17-/m0/s1. The third-order valence-electron chi connectivity index (χ3n) is 5.64. The molecular formula is C20H18FN3O2S. The van der Waals surface area contributed by atoms with E-state index in [0.29, 0.717) is 18.7 Å². The van der Waals surface area contributed by atoms with E-state index in [1.54, 1.807) is 13.1 Å². The Balaban J connectivity index is 1.59. The molecule has 0 bridgehead atoms. The van der Waals surface area contributed by atoms with Crippen molar-refractivity contribution < 1.29 is 12.8 Å². The van der Waals surface area contributed by atoms with Crippen LogP contribution in [0, 0.1) is 12.7 Å². The molecule has 7 heteroatoms. The number of fused-ring (bicyclic) bond motifs is 6. The van der Waals surface area contributed by atoms with Gasteiger partial charge in [0, 0.05) is 37.3 Å². The van der Waals surface area contributed by atoms with Gasteiger partial charge in [-0.2, -0.15) is 4.31 Å². The average Bonchev–Trinajstić information content (AvgIpc) is 3.29. The van der Waals surface area contributed by atoms with Crippen molar-refractivity contribution in [1.29, 1.82) is 0 Å². The van der Waals surface area contributed by atoms with Gasteiger partial charge in [0.05, 0.1) is 10.6 Å². The number of imidazole rings is 1. The zero-order valence-corrected chi connectivity index (χ0v) is 15.5. The van der Waals surface area contributed by atoms with Gasteiger partial charge in [-0.3, -0.25) is 0 Å². The molecule has 5 rings (SSSR count). The lowest BCUT2D eigenvalue weighted by Gasteiger charge is -2.28. The Morgan fingerprint density at radius 3 is 2.70 bits per heavy atom. The predicted octanol–water partition coefficient (Wildman–Crippen LogP) is 3.21. The summed E-state index contributed by atoms with van der Waals surface area (Å²) in [7, 11) is -3.70. The van der Waals surface area contributed by atoms with Gasteiger partial charge >= 0.3 is 0 Å². The van der Waals surface area contributed by atoms with Crippen molar-refractivity contribution in [3.63, 3.8) is 0 Å². The molecule has 138 valence electrons. The van der Waals surface area contributed by atoms with E-state index >= 15 is 0 Å². The van der Waals surface area contributed by atoms with Crippen LogP contribution in [-0.4, -0.2) is 35.4 Å². The summed E-state index contributed by atoms with van der Waals surface area (Å²) in [4.78, 5) is 4.67. The highest BCUT2D eigenvalue weighted by Crippen LogP contribution is 2.46. The first-order chi connectivity index (χ1) is 13.0. The van der Waals surface area contributed by atoms with E-state index < -0.39 is 15.8 Å². The molecule has 1 fully saturated rings. The summed E-state index contributed by atoms with van der Waals surface area (Å²) < 4.78 is 43.5. The third kappa shape index (κ3) is 2.38. The summed E-state index contributed by atoms with van der Waals surface area (Å²) in [6.07, 6.45) is 3.68. The normalized spacial score (nSPS) is 21.6. The van der Waals surface area contributed by atoms with E-state index in [1.807, 2.05) is 24.4 Å². The van der Waals surface area contributed by atoms with Gasteiger partial charge in [0.2, 0.25) is 10.0 Å². The van der Waals surface area contributed by atoms with Crippen molar-refractivity contribution in [3.8, 4) is 5.69 Å². The molecule has 5 nitrogen and oxygen atoms in total. The Labute approximate surface area is 157 Å². The molecule has 0 N–H and O–H groups in total. The van der Waals surface area contributed by atoms with Gasteiger partial charge in [0.1, 0.15) is 11.6 Å². The van der Waals surface area contributed by atoms with Crippen LogP contribution in [0.2, 0.25) is 0 Å². The number of nitrogens with zero attached hydrogens (tertiary/aromatic N) is 3. The molecule has 2 atom stereocenters. The van der Waals surface area contributed by atoms with Gasteiger partial charge in [-0.05, 0) is 42.3 Å². The SMILES string of the molecule is Cc1cc(F)ccc1S(=O)(=O)N1C[C@@H]2c3nccn3-c3ccccc3[C@@H]2C1. The first kappa shape index (κ1) is 16.6. The molecule has 2 aliphatic rings. The summed E-state index contributed by atoms with van der Waals surface area (Å²) in [6, 6.07) is 11.9. The van der Waals surface area contributed by atoms with Crippen LogP contribution >= 0.6 is 0 Å². The fraction of sp³-hybridized carbons (Fsp3) is 0.250. The molecule has 0 spiro atoms. The maximum absolute atomic E-state index is 13.4. The molecule has 2 aromatic carbocycles. The minimum absolute atomic E-state index is 0.00503. The zero-order chi connectivity index (χ0) is 18.8. The number of aryl methyl sites for hydroxylation is 1. The first-order valence-corrected chi connectivity index (χ1v) is 10.3. The Morgan fingerprint density at radius 2 is 1.89 bits per heavy atom. The number of benzene rings is 2. The van der Waals surface area contributed by atoms with E-state index in [1.165, 1.54) is 22.5 Å². The smallest absolute Gasteiger partial charge is 0.243 e. The lowest BCUT2D eigenvalue weighted by Crippen LogP contribution is -2.29. The summed E-state index contributed by atoms with van der Waals surface area (Å²) in [5, 5.41) is 0. The Kier molecular flexibility index (Phi) is 3.54. The molecule has 2 aliphatic heterocycles. The van der Waals surface area contributed by atoms with Crippen LogP contribution in [0.15, 0.2) is 59.8 Å². The van der Waals surface area contributed by atoms with Crippen LogP contribution in [0.4, 0.5) is 4.39 Å². The molecule has 27 heavy (non-hydrogen) atoms. The zero-order valence-electron chi connectivity index (χ0n) is 14.7. The molecule has 3 heterocycles. The minimum Gasteiger partial charge on any atom is -0.303 e. The monoisotopic (exact) mass is 383 g/mol. The second-order valence-electron chi connectivity index (χ2n) is 7.16. The van der Waals surface area contributed by atoms with Gasteiger partial charge in [-0.25, -0.2) is 17.8 Å². The van der Waals surface area contributed by atoms with Crippen molar-refractivity contribution in [1.82, 2.24) is 13.9 Å². The van der Waals surface area contributed by atoms with Crippen LogP contribution in [-0.2, 0) is 10.0 Å². The Morgan fingerprint density at radius 1 is 1.11 bits per heavy atom. The van der Waals surface area contributed by atoms with E-state index in [2.05, 4.69) is 15.6 Å². The first-order valence-electron chi connectivity index (χ1n) is 8.85. The van der Waals surface area contributed by atoms with Gasteiger partial charge in [-0.1, -0.05) is 18.2 Å². The molecule has 0 amide bonds. The number of hydrogen-bond donors (Lipinski definition) is 0. The lowest BCUT2D eigenvalue weighted by atomic mass is 9.84. The highest BCUT2D eigenvalue weighted by atomic mass is 32.2. The average molecular weight is 383 g/mol. The third-order valence-corrected chi connectivity index (χ3v) is 7.63. The summed E-state index contributed by atoms with van der Waals surface area (Å²) >= 11 is 0. The van der Waals surface area contributed by atoms with Crippen molar-refractivity contribution >= 4 is 10.0 Å². The van der Waals surface area contributed by atoms with Crippen molar-refractivity contribution in [3.05, 3.63) is 77.6 Å². The molecule has 0 unspecified atom stereocenters. The number of halogens is 1. The highest BCUT2D eigenvalue weighted by molar-refractivity contribution is 7.89. The summed E-state index contributed by atoms with van der Waals surface area (Å²) in [6.45, 7) is 2.39. The quantitative estimate of drug-likeness (QED) is 0.683. The van der Waals surface area contributed by atoms with Crippen LogP contribution in [0.3, 0.4) is 0 Å². The minimum atomic E-state index is -3.70. The van der Waals surface area contributed by atoms with Crippen LogP contribution in [0.5, 0.6) is 0 Å². The van der Waals surface area contributed by atoms with Gasteiger partial charge in [0.15, 0.2) is 0 Å². The molecule has 0 aliphatic carbocycles. The van der Waals surface area contributed by atoms with Crippen molar-refractivity contribution in [2.24, 2.45) is 0 Å². The van der Waals surface area contributed by atoms with Gasteiger partial charge < -0.3 is 4.57 Å². The van der Waals surface area contributed by atoms with Crippen LogP contribution < -0.4 is 0 Å². The van der Waals surface area contributed by atoms with E-state index in [4.69, 9.17) is 0 Å². The van der Waals surface area contributed by atoms with Gasteiger partial charge in [-0.15, -0.1) is 0 Å². The van der Waals surface area contributed by atoms with Gasteiger partial charge in [0.25, 0.3) is 0 Å². The molecular weight excluding hydrogens is 365 g/mol.